The zero-order chi connectivity index (χ0) is 21.5. The van der Waals surface area contributed by atoms with E-state index in [1.54, 1.807) is 22.9 Å². The second-order valence-electron chi connectivity index (χ2n) is 7.00. The van der Waals surface area contributed by atoms with Gasteiger partial charge < -0.3 is 14.6 Å². The van der Waals surface area contributed by atoms with Gasteiger partial charge in [0.15, 0.2) is 0 Å². The Labute approximate surface area is 173 Å². The van der Waals surface area contributed by atoms with Gasteiger partial charge in [-0.15, -0.1) is 0 Å². The van der Waals surface area contributed by atoms with E-state index in [9.17, 15) is 19.7 Å². The van der Waals surface area contributed by atoms with Crippen molar-refractivity contribution in [3.63, 3.8) is 0 Å². The number of hydrogen-bond donors (Lipinski definition) is 1. The Morgan fingerprint density at radius 1 is 1.13 bits per heavy atom. The first-order valence-electron chi connectivity index (χ1n) is 9.63. The van der Waals surface area contributed by atoms with Crippen LogP contribution in [0.1, 0.15) is 17.5 Å². The van der Waals surface area contributed by atoms with Crippen LogP contribution in [-0.2, 0) is 27.3 Å². The first-order valence-corrected chi connectivity index (χ1v) is 9.63. The monoisotopic (exact) mass is 409 g/mol. The number of benzene rings is 2. The molecule has 156 valence electrons. The average Bonchev–Trinajstić information content (AvgIpc) is 3.12. The number of esters is 1. The summed E-state index contributed by atoms with van der Waals surface area (Å²) < 4.78 is 6.84. The largest absolute Gasteiger partial charge is 0.462 e. The highest BCUT2D eigenvalue weighted by atomic mass is 16.6. The van der Waals surface area contributed by atoms with Gasteiger partial charge in [-0.2, -0.15) is 0 Å². The van der Waals surface area contributed by atoms with Crippen LogP contribution in [0.3, 0.4) is 0 Å². The summed E-state index contributed by atoms with van der Waals surface area (Å²) >= 11 is 0. The van der Waals surface area contributed by atoms with Gasteiger partial charge in [0, 0.05) is 35.7 Å². The van der Waals surface area contributed by atoms with E-state index in [0.29, 0.717) is 23.7 Å². The molecule has 8 nitrogen and oxygen atoms in total. The van der Waals surface area contributed by atoms with Crippen LogP contribution in [0.5, 0.6) is 0 Å². The van der Waals surface area contributed by atoms with Crippen molar-refractivity contribution in [1.82, 2.24) is 9.88 Å². The standard InChI is InChI=1S/C22H23N3O5/c1-16-2-4-17(5-3-16)6-9-21(26)23-11-13-30-22(27)15-24-12-10-18-14-19(25(28)29)7-8-20(18)24/h2-5,7-8,10,12,14H,6,9,11,13,15H2,1H3,(H,23,26). The van der Waals surface area contributed by atoms with Crippen molar-refractivity contribution in [2.45, 2.75) is 26.3 Å². The summed E-state index contributed by atoms with van der Waals surface area (Å²) in [6.07, 6.45) is 2.71. The summed E-state index contributed by atoms with van der Waals surface area (Å²) in [5.74, 6) is -0.538. The smallest absolute Gasteiger partial charge is 0.326 e. The van der Waals surface area contributed by atoms with Crippen molar-refractivity contribution >= 4 is 28.5 Å². The first-order chi connectivity index (χ1) is 14.4. The molecule has 1 amide bonds. The Morgan fingerprint density at radius 3 is 2.63 bits per heavy atom. The van der Waals surface area contributed by atoms with Crippen molar-refractivity contribution in [1.29, 1.82) is 0 Å². The SMILES string of the molecule is Cc1ccc(CCC(=O)NCCOC(=O)Cn2ccc3cc([N+](=O)[O-])ccc32)cc1. The van der Waals surface area contributed by atoms with Crippen LogP contribution in [0, 0.1) is 17.0 Å². The van der Waals surface area contributed by atoms with Gasteiger partial charge in [-0.3, -0.25) is 19.7 Å². The molecule has 0 aliphatic carbocycles. The molecule has 1 N–H and O–H groups in total. The third-order valence-electron chi connectivity index (χ3n) is 4.71. The summed E-state index contributed by atoms with van der Waals surface area (Å²) in [5.41, 5.74) is 2.99. The Hall–Kier alpha value is -3.68. The molecule has 0 saturated carbocycles. The predicted molar refractivity (Wildman–Crippen MR) is 112 cm³/mol. The Morgan fingerprint density at radius 2 is 1.90 bits per heavy atom. The molecule has 3 rings (SSSR count). The number of hydrogen-bond acceptors (Lipinski definition) is 5. The van der Waals surface area contributed by atoms with Crippen LogP contribution >= 0.6 is 0 Å². The average molecular weight is 409 g/mol. The number of amides is 1. The van der Waals surface area contributed by atoms with Gasteiger partial charge in [0.25, 0.3) is 5.69 Å². The van der Waals surface area contributed by atoms with E-state index < -0.39 is 10.9 Å². The predicted octanol–water partition coefficient (Wildman–Crippen LogP) is 3.15. The number of nitro benzene ring substituents is 1. The number of aryl methyl sites for hydroxylation is 2. The van der Waals surface area contributed by atoms with Crippen LogP contribution in [0.25, 0.3) is 10.9 Å². The number of ether oxygens (including phenoxy) is 1. The zero-order valence-electron chi connectivity index (χ0n) is 16.7. The van der Waals surface area contributed by atoms with E-state index in [1.165, 1.54) is 17.7 Å². The van der Waals surface area contributed by atoms with Crippen LogP contribution in [0.2, 0.25) is 0 Å². The summed E-state index contributed by atoms with van der Waals surface area (Å²) in [4.78, 5) is 34.3. The number of nitrogens with one attached hydrogen (secondary N) is 1. The van der Waals surface area contributed by atoms with Gasteiger partial charge in [0.1, 0.15) is 13.2 Å². The van der Waals surface area contributed by atoms with Crippen molar-refractivity contribution in [2.75, 3.05) is 13.2 Å². The molecule has 0 bridgehead atoms. The summed E-state index contributed by atoms with van der Waals surface area (Å²) in [5, 5.41) is 14.3. The Kier molecular flexibility index (Phi) is 6.79. The van der Waals surface area contributed by atoms with Crippen LogP contribution in [-0.4, -0.2) is 34.5 Å². The van der Waals surface area contributed by atoms with Crippen LogP contribution in [0.15, 0.2) is 54.7 Å². The van der Waals surface area contributed by atoms with Gasteiger partial charge in [-0.25, -0.2) is 0 Å². The Bertz CT molecular complexity index is 1060. The molecule has 0 aliphatic heterocycles. The molecule has 0 saturated heterocycles. The summed E-state index contributed by atoms with van der Waals surface area (Å²) in [6.45, 7) is 2.34. The van der Waals surface area contributed by atoms with Crippen LogP contribution in [0.4, 0.5) is 5.69 Å². The van der Waals surface area contributed by atoms with E-state index in [-0.39, 0.29) is 31.3 Å². The summed E-state index contributed by atoms with van der Waals surface area (Å²) in [6, 6.07) is 14.2. The van der Waals surface area contributed by atoms with E-state index >= 15 is 0 Å². The molecule has 2 aromatic carbocycles. The Balaban J connectivity index is 1.38. The molecular weight excluding hydrogens is 386 g/mol. The van der Waals surface area contributed by atoms with E-state index in [0.717, 1.165) is 5.56 Å². The minimum absolute atomic E-state index is 0.000876. The fraction of sp³-hybridized carbons (Fsp3) is 0.273. The molecule has 0 fully saturated rings. The van der Waals surface area contributed by atoms with Gasteiger partial charge in [0.2, 0.25) is 5.91 Å². The summed E-state index contributed by atoms with van der Waals surface area (Å²) in [7, 11) is 0. The lowest BCUT2D eigenvalue weighted by Gasteiger charge is -2.08. The third kappa shape index (κ3) is 5.66. The van der Waals surface area contributed by atoms with Gasteiger partial charge >= 0.3 is 5.97 Å². The van der Waals surface area contributed by atoms with Gasteiger partial charge in [-0.1, -0.05) is 29.8 Å². The molecule has 3 aromatic rings. The van der Waals surface area contributed by atoms with Crippen LogP contribution < -0.4 is 5.32 Å². The lowest BCUT2D eigenvalue weighted by molar-refractivity contribution is -0.384. The molecule has 0 radical (unpaired) electrons. The molecule has 0 spiro atoms. The first kappa shape index (κ1) is 21.0. The van der Waals surface area contributed by atoms with E-state index in [4.69, 9.17) is 4.74 Å². The highest BCUT2D eigenvalue weighted by molar-refractivity contribution is 5.84. The minimum atomic E-state index is -0.458. The molecule has 0 unspecified atom stereocenters. The fourth-order valence-corrected chi connectivity index (χ4v) is 3.08. The number of fused-ring (bicyclic) bond motifs is 1. The van der Waals surface area contributed by atoms with E-state index in [2.05, 4.69) is 5.32 Å². The molecule has 0 atom stereocenters. The lowest BCUT2D eigenvalue weighted by atomic mass is 10.1. The molecule has 1 heterocycles. The lowest BCUT2D eigenvalue weighted by Crippen LogP contribution is -2.28. The maximum atomic E-state index is 12.0. The second-order valence-corrected chi connectivity index (χ2v) is 7.00. The third-order valence-corrected chi connectivity index (χ3v) is 4.71. The quantitative estimate of drug-likeness (QED) is 0.253. The maximum absolute atomic E-state index is 12.0. The molecule has 0 aliphatic rings. The number of nitro groups is 1. The molecule has 30 heavy (non-hydrogen) atoms. The number of carbonyl (C=O) groups is 2. The molecule has 8 heteroatoms. The fourth-order valence-electron chi connectivity index (χ4n) is 3.08. The highest BCUT2D eigenvalue weighted by Gasteiger charge is 2.11. The van der Waals surface area contributed by atoms with Crippen molar-refractivity contribution in [3.8, 4) is 0 Å². The molecule has 1 aromatic heterocycles. The minimum Gasteiger partial charge on any atom is -0.462 e. The van der Waals surface area contributed by atoms with Crippen molar-refractivity contribution in [2.24, 2.45) is 0 Å². The maximum Gasteiger partial charge on any atom is 0.326 e. The number of aromatic nitrogens is 1. The number of nitrogens with zero attached hydrogens (tertiary/aromatic N) is 2. The molecular formula is C22H23N3O5. The van der Waals surface area contributed by atoms with Crippen molar-refractivity contribution < 1.29 is 19.2 Å². The normalized spacial score (nSPS) is 10.7. The zero-order valence-corrected chi connectivity index (χ0v) is 16.7. The number of rotatable bonds is 9. The highest BCUT2D eigenvalue weighted by Crippen LogP contribution is 2.21. The second kappa shape index (κ2) is 9.69. The van der Waals surface area contributed by atoms with Gasteiger partial charge in [-0.05, 0) is 31.0 Å². The number of non-ortho nitro benzene ring substituents is 1. The van der Waals surface area contributed by atoms with Crippen molar-refractivity contribution in [3.05, 3.63) is 76.0 Å². The van der Waals surface area contributed by atoms with Gasteiger partial charge in [0.05, 0.1) is 11.5 Å². The van der Waals surface area contributed by atoms with E-state index in [1.807, 2.05) is 31.2 Å². The number of carbonyl (C=O) groups excluding carboxylic acids is 2. The topological polar surface area (TPSA) is 103 Å².